The molecule has 3 unspecified atom stereocenters. The molecule has 30 heavy (non-hydrogen) atoms. The lowest BCUT2D eigenvalue weighted by Gasteiger charge is -2.30. The molecular weight excluding hydrogens is 382 g/mol. The largest absolute Gasteiger partial charge is 0.478 e. The van der Waals surface area contributed by atoms with Crippen LogP contribution in [-0.2, 0) is 4.79 Å². The second-order valence-corrected chi connectivity index (χ2v) is 7.23. The predicted molar refractivity (Wildman–Crippen MR) is 118 cm³/mol. The van der Waals surface area contributed by atoms with Crippen LogP contribution in [0.5, 0.6) is 0 Å². The molecule has 0 fully saturated rings. The Hall–Kier alpha value is -3.55. The number of aliphatic carboxylic acids is 1. The number of hydrogen-bond donors (Lipinski definition) is 4. The Balaban J connectivity index is 2.40. The molecule has 0 spiro atoms. The molecule has 1 aliphatic heterocycles. The predicted octanol–water partition coefficient (Wildman–Crippen LogP) is 2.97. The molecule has 1 aliphatic carbocycles. The normalized spacial score (nSPS) is 24.1. The lowest BCUT2D eigenvalue weighted by molar-refractivity contribution is -0.132. The molecule has 0 bridgehead atoms. The molecule has 2 rings (SSSR count). The summed E-state index contributed by atoms with van der Waals surface area (Å²) in [6, 6.07) is -0.632. The molecule has 8 heteroatoms. The van der Waals surface area contributed by atoms with E-state index < -0.39 is 18.2 Å². The van der Waals surface area contributed by atoms with Crippen molar-refractivity contribution >= 4 is 17.7 Å². The van der Waals surface area contributed by atoms with Crippen LogP contribution in [0.25, 0.3) is 0 Å². The van der Waals surface area contributed by atoms with E-state index in [1.54, 1.807) is 17.3 Å². The molecule has 2 aliphatic rings. The van der Waals surface area contributed by atoms with Gasteiger partial charge in [-0.3, -0.25) is 0 Å². The summed E-state index contributed by atoms with van der Waals surface area (Å²) in [5.41, 5.74) is 8.07. The van der Waals surface area contributed by atoms with Crippen LogP contribution < -0.4 is 16.4 Å². The van der Waals surface area contributed by atoms with Crippen molar-refractivity contribution in [3.05, 3.63) is 72.3 Å². The smallest absolute Gasteiger partial charge is 0.331 e. The molecule has 0 aromatic heterocycles. The Morgan fingerprint density at radius 2 is 2.07 bits per heavy atom. The highest BCUT2D eigenvalue weighted by Gasteiger charge is 2.37. The van der Waals surface area contributed by atoms with E-state index in [1.165, 1.54) is 13.1 Å². The maximum Gasteiger partial charge on any atom is 0.331 e. The van der Waals surface area contributed by atoms with Crippen LogP contribution in [0.15, 0.2) is 77.4 Å². The Morgan fingerprint density at radius 3 is 2.70 bits per heavy atom. The summed E-state index contributed by atoms with van der Waals surface area (Å²) in [7, 11) is 0. The van der Waals surface area contributed by atoms with E-state index in [2.05, 4.69) is 17.2 Å². The van der Waals surface area contributed by atoms with E-state index in [4.69, 9.17) is 10.8 Å². The summed E-state index contributed by atoms with van der Waals surface area (Å²) in [5, 5.41) is 21.5. The lowest BCUT2D eigenvalue weighted by atomic mass is 9.95. The first-order chi connectivity index (χ1) is 14.2. The molecule has 5 N–H and O–H groups in total. The fraction of sp³-hybridized carbons (Fsp3) is 0.318. The van der Waals surface area contributed by atoms with Crippen molar-refractivity contribution < 1.29 is 14.7 Å². The quantitative estimate of drug-likeness (QED) is 0.361. The monoisotopic (exact) mass is 411 g/mol. The zero-order chi connectivity index (χ0) is 22.3. The molecule has 2 amide bonds. The molecule has 0 aromatic rings. The number of amides is 2. The van der Waals surface area contributed by atoms with Crippen LogP contribution in [0.3, 0.4) is 0 Å². The average molecular weight is 412 g/mol. The molecule has 0 saturated carbocycles. The number of rotatable bonds is 8. The number of nitrogens with zero attached hydrogens (tertiary/aromatic N) is 2. The number of carbonyl (C=O) groups excluding carboxylic acids is 1. The first-order valence-corrected chi connectivity index (χ1v) is 9.69. The number of nitrogens with two attached hydrogens (primary N) is 1. The van der Waals surface area contributed by atoms with E-state index in [0.29, 0.717) is 6.42 Å². The average Bonchev–Trinajstić information content (AvgIpc) is 2.84. The summed E-state index contributed by atoms with van der Waals surface area (Å²) >= 11 is 0. The zero-order valence-corrected chi connectivity index (χ0v) is 17.5. The van der Waals surface area contributed by atoms with Gasteiger partial charge in [0.05, 0.1) is 0 Å². The Morgan fingerprint density at radius 1 is 1.33 bits per heavy atom. The van der Waals surface area contributed by atoms with Crippen LogP contribution in [0, 0.1) is 11.8 Å². The van der Waals surface area contributed by atoms with Gasteiger partial charge in [0.15, 0.2) is 0 Å². The fourth-order valence-corrected chi connectivity index (χ4v) is 3.28. The third kappa shape index (κ3) is 5.73. The van der Waals surface area contributed by atoms with E-state index in [9.17, 15) is 14.7 Å². The second kappa shape index (κ2) is 10.3. The number of urea groups is 1. The molecule has 1 heterocycles. The van der Waals surface area contributed by atoms with E-state index in [0.717, 1.165) is 17.0 Å². The molecule has 0 aromatic carbocycles. The summed E-state index contributed by atoms with van der Waals surface area (Å²) in [5.74, 6) is -1.06. The van der Waals surface area contributed by atoms with Crippen LogP contribution in [0.4, 0.5) is 4.79 Å². The maximum absolute atomic E-state index is 11.6. The highest BCUT2D eigenvalue weighted by molar-refractivity contribution is 5.92. The Bertz CT molecular complexity index is 879. The van der Waals surface area contributed by atoms with E-state index in [-0.39, 0.29) is 17.4 Å². The molecule has 0 radical (unpaired) electrons. The van der Waals surface area contributed by atoms with Crippen molar-refractivity contribution in [2.45, 2.75) is 33.4 Å². The van der Waals surface area contributed by atoms with Gasteiger partial charge in [-0.05, 0) is 30.8 Å². The topological polar surface area (TPSA) is 120 Å². The molecule has 3 atom stereocenters. The van der Waals surface area contributed by atoms with Gasteiger partial charge in [-0.15, -0.1) is 0 Å². The fourth-order valence-electron chi connectivity index (χ4n) is 3.28. The first kappa shape index (κ1) is 22.7. The number of carbonyl (C=O) groups is 2. The van der Waals surface area contributed by atoms with Crippen molar-refractivity contribution in [3.63, 3.8) is 0 Å². The summed E-state index contributed by atoms with van der Waals surface area (Å²) < 4.78 is 0. The summed E-state index contributed by atoms with van der Waals surface area (Å²) in [4.78, 5) is 22.9. The number of primary amides is 1. The van der Waals surface area contributed by atoms with Crippen molar-refractivity contribution in [3.8, 4) is 0 Å². The summed E-state index contributed by atoms with van der Waals surface area (Å²) in [6.07, 6.45) is 14.6. The van der Waals surface area contributed by atoms with Crippen molar-refractivity contribution in [2.24, 2.45) is 22.7 Å². The van der Waals surface area contributed by atoms with Gasteiger partial charge >= 0.3 is 12.0 Å². The van der Waals surface area contributed by atoms with Crippen LogP contribution in [-0.4, -0.2) is 34.0 Å². The molecular formula is C22H29N5O3. The third-order valence-electron chi connectivity index (χ3n) is 4.92. The number of allylic oxidation sites excluding steroid dienone is 7. The Kier molecular flexibility index (Phi) is 7.80. The van der Waals surface area contributed by atoms with E-state index in [1.807, 2.05) is 44.2 Å². The number of hydrazone groups is 1. The minimum absolute atomic E-state index is 0.0825. The highest BCUT2D eigenvalue weighted by atomic mass is 16.4. The number of carboxylic acids is 1. The van der Waals surface area contributed by atoms with Gasteiger partial charge in [-0.25, -0.2) is 14.6 Å². The first-order valence-electron chi connectivity index (χ1n) is 9.69. The lowest BCUT2D eigenvalue weighted by Crippen LogP contribution is -2.49. The van der Waals surface area contributed by atoms with Gasteiger partial charge in [-0.1, -0.05) is 44.7 Å². The maximum atomic E-state index is 11.6. The molecule has 8 nitrogen and oxygen atoms in total. The van der Waals surface area contributed by atoms with Crippen molar-refractivity contribution in [1.29, 1.82) is 0 Å². The van der Waals surface area contributed by atoms with Crippen molar-refractivity contribution in [1.82, 2.24) is 15.6 Å². The SMILES string of the molecule is C=CN/C=C(\C=C(/C)C(=O)O)CC1=NN(C2=CC=CC=CC2C)C(NC(N)=O)C1C. The van der Waals surface area contributed by atoms with Crippen LogP contribution >= 0.6 is 0 Å². The van der Waals surface area contributed by atoms with E-state index >= 15 is 0 Å². The number of nitrogens with one attached hydrogen (secondary N) is 2. The molecule has 0 saturated heterocycles. The van der Waals surface area contributed by atoms with Crippen LogP contribution in [0.2, 0.25) is 0 Å². The Labute approximate surface area is 176 Å². The summed E-state index contributed by atoms with van der Waals surface area (Å²) in [6.45, 7) is 9.15. The highest BCUT2D eigenvalue weighted by Crippen LogP contribution is 2.31. The van der Waals surface area contributed by atoms with Gasteiger partial charge in [0.2, 0.25) is 0 Å². The number of hydrogen-bond acceptors (Lipinski definition) is 5. The minimum atomic E-state index is -0.994. The second-order valence-electron chi connectivity index (χ2n) is 7.23. The number of carboxylic acid groups (broad SMARTS) is 1. The standard InChI is InChI=1S/C22H29N5O3/c1-5-24-13-17(11-15(3)21(28)29)12-18-16(4)20(25-22(23)30)27(26-18)19-10-8-6-7-9-14(19)2/h5-11,13-14,16,20,24H,1,12H2,2-4H3,(H,28,29)(H3,23,25,30)/b15-11+,17-13+. The van der Waals surface area contributed by atoms with Gasteiger partial charge < -0.3 is 21.5 Å². The van der Waals surface area contributed by atoms with Gasteiger partial charge in [0.25, 0.3) is 0 Å². The van der Waals surface area contributed by atoms with Crippen molar-refractivity contribution in [2.75, 3.05) is 0 Å². The van der Waals surface area contributed by atoms with Gasteiger partial charge in [0.1, 0.15) is 6.17 Å². The van der Waals surface area contributed by atoms with Gasteiger partial charge in [0, 0.05) is 41.4 Å². The minimum Gasteiger partial charge on any atom is -0.478 e. The third-order valence-corrected chi connectivity index (χ3v) is 4.92. The van der Waals surface area contributed by atoms with Crippen LogP contribution in [0.1, 0.15) is 27.2 Å². The van der Waals surface area contributed by atoms with Gasteiger partial charge in [-0.2, -0.15) is 5.10 Å². The molecule has 160 valence electrons. The zero-order valence-electron chi connectivity index (χ0n) is 17.5.